The van der Waals surface area contributed by atoms with E-state index in [1.807, 2.05) is 43.3 Å². The van der Waals surface area contributed by atoms with Crippen LogP contribution in [0.1, 0.15) is 12.5 Å². The fourth-order valence-corrected chi connectivity index (χ4v) is 2.05. The van der Waals surface area contributed by atoms with E-state index in [1.54, 1.807) is 19.2 Å². The first-order chi connectivity index (χ1) is 11.1. The van der Waals surface area contributed by atoms with Crippen LogP contribution in [0.2, 0.25) is 5.02 Å². The first kappa shape index (κ1) is 16.8. The van der Waals surface area contributed by atoms with Crippen molar-refractivity contribution in [1.82, 2.24) is 5.43 Å². The van der Waals surface area contributed by atoms with Crippen molar-refractivity contribution in [3.8, 4) is 5.75 Å². The minimum absolute atomic E-state index is 0.124. The second-order valence-corrected chi connectivity index (χ2v) is 5.26. The number of rotatable bonds is 6. The number of hydrazone groups is 1. The first-order valence-corrected chi connectivity index (χ1v) is 7.43. The molecule has 1 amide bonds. The summed E-state index contributed by atoms with van der Waals surface area (Å²) in [4.78, 5) is 11.8. The van der Waals surface area contributed by atoms with Gasteiger partial charge in [0, 0.05) is 10.7 Å². The third-order valence-electron chi connectivity index (χ3n) is 3.13. The van der Waals surface area contributed by atoms with Gasteiger partial charge in [0.25, 0.3) is 5.91 Å². The smallest absolute Gasteiger partial charge is 0.259 e. The number of carbonyl (C=O) groups is 1. The van der Waals surface area contributed by atoms with E-state index < -0.39 is 0 Å². The number of hydrogen-bond acceptors (Lipinski definition) is 4. The Hall–Kier alpha value is -2.53. The molecule has 0 aliphatic heterocycles. The lowest BCUT2D eigenvalue weighted by atomic mass is 10.1. The molecule has 0 aliphatic carbocycles. The van der Waals surface area contributed by atoms with Crippen LogP contribution >= 0.6 is 11.6 Å². The summed E-state index contributed by atoms with van der Waals surface area (Å²) in [7, 11) is 1.61. The van der Waals surface area contributed by atoms with E-state index in [1.165, 1.54) is 0 Å². The topological polar surface area (TPSA) is 62.7 Å². The summed E-state index contributed by atoms with van der Waals surface area (Å²) >= 11 is 5.93. The van der Waals surface area contributed by atoms with Gasteiger partial charge in [0.05, 0.1) is 19.4 Å². The van der Waals surface area contributed by atoms with E-state index in [0.29, 0.717) is 10.7 Å². The molecule has 6 heteroatoms. The second-order valence-electron chi connectivity index (χ2n) is 4.82. The van der Waals surface area contributed by atoms with Crippen molar-refractivity contribution < 1.29 is 9.53 Å². The Labute approximate surface area is 140 Å². The third kappa shape index (κ3) is 5.30. The number of amides is 1. The van der Waals surface area contributed by atoms with Crippen LogP contribution in [0.3, 0.4) is 0 Å². The number of anilines is 1. The quantitative estimate of drug-likeness (QED) is 0.630. The summed E-state index contributed by atoms with van der Waals surface area (Å²) in [6, 6.07) is 14.6. The minimum atomic E-state index is -0.234. The zero-order valence-electron chi connectivity index (χ0n) is 13.0. The zero-order valence-corrected chi connectivity index (χ0v) is 13.7. The number of methoxy groups -OCH3 is 1. The Balaban J connectivity index is 1.85. The Morgan fingerprint density at radius 2 is 1.96 bits per heavy atom. The van der Waals surface area contributed by atoms with Gasteiger partial charge in [-0.3, -0.25) is 4.79 Å². The third-order valence-corrected chi connectivity index (χ3v) is 3.37. The summed E-state index contributed by atoms with van der Waals surface area (Å²) in [6.07, 6.45) is 0. The van der Waals surface area contributed by atoms with Crippen molar-refractivity contribution in [2.45, 2.75) is 6.92 Å². The lowest BCUT2D eigenvalue weighted by molar-refractivity contribution is -0.119. The molecule has 2 N–H and O–H groups in total. The molecule has 0 saturated carbocycles. The fraction of sp³-hybridized carbons (Fsp3) is 0.176. The molecule has 23 heavy (non-hydrogen) atoms. The van der Waals surface area contributed by atoms with Crippen LogP contribution in [-0.4, -0.2) is 25.3 Å². The summed E-state index contributed by atoms with van der Waals surface area (Å²) in [5.74, 6) is 0.531. The number of nitrogens with zero attached hydrogens (tertiary/aromatic N) is 1. The Kier molecular flexibility index (Phi) is 6.00. The maximum absolute atomic E-state index is 11.8. The van der Waals surface area contributed by atoms with E-state index >= 15 is 0 Å². The molecule has 0 heterocycles. The molecule has 0 atom stereocenters. The molecular formula is C17H18ClN3O2. The molecule has 2 rings (SSSR count). The molecule has 2 aromatic rings. The van der Waals surface area contributed by atoms with E-state index in [2.05, 4.69) is 15.8 Å². The van der Waals surface area contributed by atoms with Crippen molar-refractivity contribution in [2.75, 3.05) is 19.0 Å². The standard InChI is InChI=1S/C17H18ClN3O2/c1-12(13-4-3-5-14(18)10-13)20-21-17(22)11-19-15-6-8-16(23-2)9-7-15/h3-10,19H,11H2,1-2H3,(H,21,22)/b20-12-. The number of hydrogen-bond donors (Lipinski definition) is 2. The Bertz CT molecular complexity index is 699. The molecule has 0 aliphatic rings. The van der Waals surface area contributed by atoms with Crippen molar-refractivity contribution in [1.29, 1.82) is 0 Å². The highest BCUT2D eigenvalue weighted by Gasteiger charge is 2.02. The minimum Gasteiger partial charge on any atom is -0.497 e. The van der Waals surface area contributed by atoms with Gasteiger partial charge < -0.3 is 10.1 Å². The van der Waals surface area contributed by atoms with Gasteiger partial charge in [-0.05, 0) is 48.9 Å². The molecule has 0 saturated heterocycles. The van der Waals surface area contributed by atoms with E-state index in [-0.39, 0.29) is 12.5 Å². The van der Waals surface area contributed by atoms with Crippen molar-refractivity contribution in [2.24, 2.45) is 5.10 Å². The molecule has 0 aromatic heterocycles. The largest absolute Gasteiger partial charge is 0.497 e. The predicted octanol–water partition coefficient (Wildman–Crippen LogP) is 3.30. The maximum atomic E-state index is 11.8. The second kappa shape index (κ2) is 8.19. The van der Waals surface area contributed by atoms with Crippen LogP contribution in [0.4, 0.5) is 5.69 Å². The SMILES string of the molecule is COc1ccc(NCC(=O)N/N=C(/C)c2cccc(Cl)c2)cc1. The molecule has 5 nitrogen and oxygen atoms in total. The highest BCUT2D eigenvalue weighted by molar-refractivity contribution is 6.31. The number of carbonyl (C=O) groups excluding carboxylic acids is 1. The van der Waals surface area contributed by atoms with E-state index in [4.69, 9.17) is 16.3 Å². The van der Waals surface area contributed by atoms with Gasteiger partial charge in [-0.2, -0.15) is 5.10 Å². The van der Waals surface area contributed by atoms with Crippen LogP contribution in [-0.2, 0) is 4.79 Å². The summed E-state index contributed by atoms with van der Waals surface area (Å²) in [5, 5.41) is 7.71. The molecule has 0 bridgehead atoms. The van der Waals surface area contributed by atoms with Crippen LogP contribution in [0.5, 0.6) is 5.75 Å². The van der Waals surface area contributed by atoms with Gasteiger partial charge in [0.15, 0.2) is 0 Å². The van der Waals surface area contributed by atoms with Gasteiger partial charge in [-0.15, -0.1) is 0 Å². The predicted molar refractivity (Wildman–Crippen MR) is 93.3 cm³/mol. The molecule has 0 fully saturated rings. The van der Waals surface area contributed by atoms with E-state index in [0.717, 1.165) is 17.0 Å². The zero-order chi connectivity index (χ0) is 16.7. The molecule has 2 aromatic carbocycles. The Morgan fingerprint density at radius 1 is 1.22 bits per heavy atom. The molecule has 0 radical (unpaired) electrons. The molecular weight excluding hydrogens is 314 g/mol. The normalized spacial score (nSPS) is 11.0. The van der Waals surface area contributed by atoms with Crippen molar-refractivity contribution in [3.05, 3.63) is 59.1 Å². The summed E-state index contributed by atoms with van der Waals surface area (Å²) in [5.41, 5.74) is 4.89. The van der Waals surface area contributed by atoms with E-state index in [9.17, 15) is 4.79 Å². The number of benzene rings is 2. The van der Waals surface area contributed by atoms with Gasteiger partial charge in [0.2, 0.25) is 0 Å². The lowest BCUT2D eigenvalue weighted by Gasteiger charge is -2.07. The van der Waals surface area contributed by atoms with Gasteiger partial charge in [-0.25, -0.2) is 5.43 Å². The van der Waals surface area contributed by atoms with Crippen molar-refractivity contribution >= 4 is 28.9 Å². The Morgan fingerprint density at radius 3 is 2.61 bits per heavy atom. The van der Waals surface area contributed by atoms with Gasteiger partial charge in [-0.1, -0.05) is 23.7 Å². The molecule has 120 valence electrons. The fourth-order valence-electron chi connectivity index (χ4n) is 1.86. The summed E-state index contributed by atoms with van der Waals surface area (Å²) < 4.78 is 5.08. The van der Waals surface area contributed by atoms with Crippen LogP contribution in [0, 0.1) is 0 Å². The first-order valence-electron chi connectivity index (χ1n) is 7.05. The van der Waals surface area contributed by atoms with Crippen LogP contribution in [0.25, 0.3) is 0 Å². The molecule has 0 spiro atoms. The number of halogens is 1. The van der Waals surface area contributed by atoms with Crippen molar-refractivity contribution in [3.63, 3.8) is 0 Å². The number of nitrogens with one attached hydrogen (secondary N) is 2. The van der Waals surface area contributed by atoms with Crippen LogP contribution < -0.4 is 15.5 Å². The molecule has 0 unspecified atom stereocenters. The average Bonchev–Trinajstić information content (AvgIpc) is 2.58. The van der Waals surface area contributed by atoms with Gasteiger partial charge in [0.1, 0.15) is 5.75 Å². The highest BCUT2D eigenvalue weighted by atomic mass is 35.5. The lowest BCUT2D eigenvalue weighted by Crippen LogP contribution is -2.26. The van der Waals surface area contributed by atoms with Gasteiger partial charge >= 0.3 is 0 Å². The summed E-state index contributed by atoms with van der Waals surface area (Å²) in [6.45, 7) is 1.93. The van der Waals surface area contributed by atoms with Crippen LogP contribution in [0.15, 0.2) is 53.6 Å². The monoisotopic (exact) mass is 331 g/mol. The number of ether oxygens (including phenoxy) is 1. The highest BCUT2D eigenvalue weighted by Crippen LogP contribution is 2.14. The maximum Gasteiger partial charge on any atom is 0.259 e. The average molecular weight is 332 g/mol.